The van der Waals surface area contributed by atoms with E-state index in [1.165, 1.54) is 6.07 Å². The smallest absolute Gasteiger partial charge is 0.339 e. The Bertz CT molecular complexity index is 727. The van der Waals surface area contributed by atoms with Gasteiger partial charge in [-0.3, -0.25) is 0 Å². The number of hydrogen-bond acceptors (Lipinski definition) is 5. The summed E-state index contributed by atoms with van der Waals surface area (Å²) < 4.78 is 11.2. The fourth-order valence-corrected chi connectivity index (χ4v) is 2.30. The molecule has 25 heavy (non-hydrogen) atoms. The lowest BCUT2D eigenvalue weighted by Crippen LogP contribution is -2.17. The number of carbonyl (C=O) groups is 1. The summed E-state index contributed by atoms with van der Waals surface area (Å²) in [5, 5.41) is 30.0. The third kappa shape index (κ3) is 4.84. The Hall–Kier alpha value is -2.31. The number of rotatable bonds is 9. The Morgan fingerprint density at radius 2 is 1.64 bits per heavy atom. The van der Waals surface area contributed by atoms with E-state index >= 15 is 0 Å². The lowest BCUT2D eigenvalue weighted by Gasteiger charge is -2.16. The maximum atomic E-state index is 11.5. The highest BCUT2D eigenvalue weighted by Gasteiger charge is 2.16. The molecule has 0 heterocycles. The van der Waals surface area contributed by atoms with Crippen LogP contribution in [0, 0.1) is 0 Å². The summed E-state index contributed by atoms with van der Waals surface area (Å²) in [6.07, 6.45) is -0.0624. The Balaban J connectivity index is 2.34. The number of fused-ring (bicyclic) bond motifs is 1. The lowest BCUT2D eigenvalue weighted by molar-refractivity contribution is 0.0683. The Kier molecular flexibility index (Phi) is 6.61. The first-order valence-electron chi connectivity index (χ1n) is 8.38. The molecule has 0 fully saturated rings. The average Bonchev–Trinajstić information content (AvgIpc) is 2.62. The third-order valence-electron chi connectivity index (χ3n) is 3.98. The summed E-state index contributed by atoms with van der Waals surface area (Å²) in [7, 11) is 0. The van der Waals surface area contributed by atoms with E-state index < -0.39 is 18.2 Å². The molecule has 2 aromatic carbocycles. The second-order valence-electron chi connectivity index (χ2n) is 5.88. The molecule has 0 bridgehead atoms. The van der Waals surface area contributed by atoms with E-state index in [-0.39, 0.29) is 24.5 Å². The molecule has 0 radical (unpaired) electrons. The van der Waals surface area contributed by atoms with Crippen LogP contribution in [0.1, 0.15) is 37.0 Å². The summed E-state index contributed by atoms with van der Waals surface area (Å²) in [5.41, 5.74) is 0.0471. The number of carboxylic acid groups (broad SMARTS) is 1. The summed E-state index contributed by atoms with van der Waals surface area (Å²) in [6, 6.07) is 8.36. The van der Waals surface area contributed by atoms with Gasteiger partial charge >= 0.3 is 5.97 Å². The largest absolute Gasteiger partial charge is 0.491 e. The van der Waals surface area contributed by atoms with E-state index in [1.807, 2.05) is 13.8 Å². The van der Waals surface area contributed by atoms with Crippen LogP contribution in [-0.4, -0.2) is 46.7 Å². The Labute approximate surface area is 146 Å². The molecule has 0 spiro atoms. The molecular weight excluding hydrogens is 324 g/mol. The minimum Gasteiger partial charge on any atom is -0.491 e. The zero-order valence-corrected chi connectivity index (χ0v) is 14.4. The third-order valence-corrected chi connectivity index (χ3v) is 3.98. The molecule has 2 rings (SSSR count). The normalized spacial score (nSPS) is 13.4. The highest BCUT2D eigenvalue weighted by atomic mass is 16.5. The van der Waals surface area contributed by atoms with Crippen molar-refractivity contribution >= 4 is 16.7 Å². The molecule has 0 saturated carbocycles. The molecule has 2 atom stereocenters. The molecule has 2 aromatic rings. The van der Waals surface area contributed by atoms with E-state index in [9.17, 15) is 20.1 Å². The number of benzene rings is 2. The average molecular weight is 348 g/mol. The number of aliphatic hydroxyl groups excluding tert-OH is 2. The van der Waals surface area contributed by atoms with Crippen LogP contribution in [0.5, 0.6) is 11.5 Å². The van der Waals surface area contributed by atoms with Crippen molar-refractivity contribution in [2.75, 3.05) is 13.2 Å². The Morgan fingerprint density at radius 1 is 1.00 bits per heavy atom. The van der Waals surface area contributed by atoms with E-state index in [4.69, 9.17) is 9.47 Å². The van der Waals surface area contributed by atoms with Crippen LogP contribution < -0.4 is 9.47 Å². The van der Waals surface area contributed by atoms with Crippen molar-refractivity contribution in [3.63, 3.8) is 0 Å². The van der Waals surface area contributed by atoms with Crippen LogP contribution in [0.25, 0.3) is 10.8 Å². The van der Waals surface area contributed by atoms with Crippen molar-refractivity contribution < 1.29 is 29.6 Å². The monoisotopic (exact) mass is 348 g/mol. The first-order chi connectivity index (χ1) is 12.0. The van der Waals surface area contributed by atoms with Crippen molar-refractivity contribution in [2.45, 2.75) is 38.9 Å². The van der Waals surface area contributed by atoms with Crippen LogP contribution in [-0.2, 0) is 0 Å². The van der Waals surface area contributed by atoms with E-state index in [0.717, 1.165) is 5.39 Å². The highest BCUT2D eigenvalue weighted by Crippen LogP contribution is 2.32. The fourth-order valence-electron chi connectivity index (χ4n) is 2.30. The van der Waals surface area contributed by atoms with Crippen LogP contribution in [0.2, 0.25) is 0 Å². The molecule has 0 aliphatic carbocycles. The van der Waals surface area contributed by atoms with Gasteiger partial charge in [-0.1, -0.05) is 19.9 Å². The molecule has 0 aliphatic rings. The molecule has 2 unspecified atom stereocenters. The summed E-state index contributed by atoms with van der Waals surface area (Å²) in [6.45, 7) is 3.91. The maximum Gasteiger partial charge on any atom is 0.339 e. The predicted molar refractivity (Wildman–Crippen MR) is 94.5 cm³/mol. The van der Waals surface area contributed by atoms with Crippen molar-refractivity contribution in [3.05, 3.63) is 35.9 Å². The minimum absolute atomic E-state index is 0.0246. The van der Waals surface area contributed by atoms with Gasteiger partial charge in [0.25, 0.3) is 0 Å². The molecule has 0 amide bonds. The van der Waals surface area contributed by atoms with Gasteiger partial charge in [-0.15, -0.1) is 0 Å². The van der Waals surface area contributed by atoms with Gasteiger partial charge in [0.05, 0.1) is 12.2 Å². The first kappa shape index (κ1) is 19.0. The van der Waals surface area contributed by atoms with Crippen molar-refractivity contribution in [1.82, 2.24) is 0 Å². The van der Waals surface area contributed by atoms with Gasteiger partial charge in [-0.25, -0.2) is 4.79 Å². The Morgan fingerprint density at radius 3 is 2.24 bits per heavy atom. The maximum absolute atomic E-state index is 11.5. The quantitative estimate of drug-likeness (QED) is 0.645. The lowest BCUT2D eigenvalue weighted by atomic mass is 10.0. The highest BCUT2D eigenvalue weighted by molar-refractivity contribution is 6.01. The number of aliphatic hydroxyl groups is 2. The van der Waals surface area contributed by atoms with E-state index in [1.54, 1.807) is 24.3 Å². The van der Waals surface area contributed by atoms with Crippen molar-refractivity contribution in [3.8, 4) is 11.5 Å². The van der Waals surface area contributed by atoms with Gasteiger partial charge in [0.1, 0.15) is 30.3 Å². The molecule has 6 heteroatoms. The van der Waals surface area contributed by atoms with Crippen molar-refractivity contribution in [2.24, 2.45) is 0 Å². The second-order valence-corrected chi connectivity index (χ2v) is 5.88. The number of hydrogen-bond donors (Lipinski definition) is 3. The van der Waals surface area contributed by atoms with Crippen LogP contribution in [0.4, 0.5) is 0 Å². The SMILES string of the molecule is CCC(O)COc1ccc2c(OCC(O)CC)c(C(=O)O)ccc2c1. The topological polar surface area (TPSA) is 96.2 Å². The summed E-state index contributed by atoms with van der Waals surface area (Å²) >= 11 is 0. The van der Waals surface area contributed by atoms with E-state index in [2.05, 4.69) is 0 Å². The molecule has 0 aliphatic heterocycles. The molecule has 0 saturated heterocycles. The zero-order chi connectivity index (χ0) is 18.4. The fraction of sp³-hybridized carbons (Fsp3) is 0.421. The van der Waals surface area contributed by atoms with Gasteiger partial charge in [0.15, 0.2) is 0 Å². The first-order valence-corrected chi connectivity index (χ1v) is 8.38. The van der Waals surface area contributed by atoms with Gasteiger partial charge in [-0.05, 0) is 42.5 Å². The van der Waals surface area contributed by atoms with Crippen molar-refractivity contribution in [1.29, 1.82) is 0 Å². The van der Waals surface area contributed by atoms with Gasteiger partial charge in [-0.2, -0.15) is 0 Å². The standard InChI is InChI=1S/C19H24O6/c1-3-13(20)10-24-15-6-8-16-12(9-15)5-7-17(19(22)23)18(16)25-11-14(21)4-2/h5-9,13-14,20-21H,3-4,10-11H2,1-2H3,(H,22,23). The van der Waals surface area contributed by atoms with E-state index in [0.29, 0.717) is 24.0 Å². The van der Waals surface area contributed by atoms with Gasteiger partial charge in [0, 0.05) is 5.39 Å². The van der Waals surface area contributed by atoms with Crippen LogP contribution >= 0.6 is 0 Å². The van der Waals surface area contributed by atoms with Crippen LogP contribution in [0.3, 0.4) is 0 Å². The minimum atomic E-state index is -1.09. The summed E-state index contributed by atoms with van der Waals surface area (Å²) in [4.78, 5) is 11.5. The number of ether oxygens (including phenoxy) is 2. The number of aromatic carboxylic acids is 1. The summed E-state index contributed by atoms with van der Waals surface area (Å²) in [5.74, 6) is -0.269. The molecular formula is C19H24O6. The van der Waals surface area contributed by atoms with Gasteiger partial charge in [0.2, 0.25) is 0 Å². The van der Waals surface area contributed by atoms with Crippen LogP contribution in [0.15, 0.2) is 30.3 Å². The molecule has 0 aromatic heterocycles. The second kappa shape index (κ2) is 8.69. The predicted octanol–water partition coefficient (Wildman–Crippen LogP) is 2.84. The zero-order valence-electron chi connectivity index (χ0n) is 14.4. The number of carboxylic acids is 1. The molecule has 3 N–H and O–H groups in total. The molecule has 136 valence electrons. The molecule has 6 nitrogen and oxygen atoms in total. The van der Waals surface area contributed by atoms with Gasteiger partial charge < -0.3 is 24.8 Å².